The lowest BCUT2D eigenvalue weighted by atomic mass is 10.1. The average molecular weight is 376 g/mol. The number of benzene rings is 1. The molecule has 2 heterocycles. The summed E-state index contributed by atoms with van der Waals surface area (Å²) in [6.45, 7) is 2.47. The van der Waals surface area contributed by atoms with Crippen LogP contribution in [0.3, 0.4) is 0 Å². The second-order valence-electron chi connectivity index (χ2n) is 5.99. The fourth-order valence-corrected chi connectivity index (χ4v) is 2.98. The number of furan rings is 1. The molecule has 0 bridgehead atoms. The Bertz CT molecular complexity index is 835. The fourth-order valence-electron chi connectivity index (χ4n) is 2.81. The molecule has 2 aromatic rings. The van der Waals surface area contributed by atoms with Gasteiger partial charge in [0.05, 0.1) is 12.7 Å². The van der Waals surface area contributed by atoms with Crippen LogP contribution in [0.2, 0.25) is 5.02 Å². The van der Waals surface area contributed by atoms with E-state index in [4.69, 9.17) is 16.0 Å². The van der Waals surface area contributed by atoms with Crippen molar-refractivity contribution in [1.29, 1.82) is 0 Å². The van der Waals surface area contributed by atoms with Crippen molar-refractivity contribution in [2.24, 2.45) is 0 Å². The number of anilines is 1. The molecule has 136 valence electrons. The number of halogens is 1. The highest BCUT2D eigenvalue weighted by molar-refractivity contribution is 6.31. The Kier molecular flexibility index (Phi) is 5.27. The molecule has 1 atom stereocenters. The largest absolute Gasteiger partial charge is 0.459 e. The van der Waals surface area contributed by atoms with Gasteiger partial charge in [-0.05, 0) is 36.8 Å². The van der Waals surface area contributed by atoms with Crippen molar-refractivity contribution in [3.8, 4) is 0 Å². The van der Waals surface area contributed by atoms with Gasteiger partial charge in [0.15, 0.2) is 5.76 Å². The quantitative estimate of drug-likeness (QED) is 0.857. The zero-order valence-electron chi connectivity index (χ0n) is 14.1. The van der Waals surface area contributed by atoms with Crippen molar-refractivity contribution >= 4 is 35.0 Å². The number of hydrogen-bond donors (Lipinski definition) is 2. The zero-order valence-corrected chi connectivity index (χ0v) is 14.9. The van der Waals surface area contributed by atoms with Crippen LogP contribution in [-0.2, 0) is 9.59 Å². The molecule has 1 aromatic carbocycles. The highest BCUT2D eigenvalue weighted by Gasteiger charge is 2.36. The van der Waals surface area contributed by atoms with E-state index >= 15 is 0 Å². The van der Waals surface area contributed by atoms with Crippen molar-refractivity contribution in [2.45, 2.75) is 19.4 Å². The summed E-state index contributed by atoms with van der Waals surface area (Å²) < 4.78 is 5.12. The maximum atomic E-state index is 12.6. The van der Waals surface area contributed by atoms with Gasteiger partial charge in [-0.15, -0.1) is 0 Å². The minimum absolute atomic E-state index is 0.135. The van der Waals surface area contributed by atoms with Gasteiger partial charge in [0.25, 0.3) is 5.91 Å². The third kappa shape index (κ3) is 3.88. The van der Waals surface area contributed by atoms with E-state index in [1.165, 1.54) is 17.2 Å². The number of nitrogens with zero attached hydrogens (tertiary/aromatic N) is 1. The highest BCUT2D eigenvalue weighted by Crippen LogP contribution is 2.21. The number of nitrogens with one attached hydrogen (secondary N) is 2. The third-order valence-corrected chi connectivity index (χ3v) is 4.41. The molecule has 1 fully saturated rings. The maximum absolute atomic E-state index is 12.6. The second kappa shape index (κ2) is 7.61. The summed E-state index contributed by atoms with van der Waals surface area (Å²) in [5.41, 5.74) is 1.42. The lowest BCUT2D eigenvalue weighted by Gasteiger charge is -2.34. The van der Waals surface area contributed by atoms with Gasteiger partial charge in [-0.25, -0.2) is 0 Å². The van der Waals surface area contributed by atoms with E-state index in [0.29, 0.717) is 23.8 Å². The molecule has 7 nitrogen and oxygen atoms in total. The summed E-state index contributed by atoms with van der Waals surface area (Å²) >= 11 is 5.96. The van der Waals surface area contributed by atoms with E-state index in [1.807, 2.05) is 6.92 Å². The molecule has 2 N–H and O–H groups in total. The lowest BCUT2D eigenvalue weighted by molar-refractivity contribution is -0.131. The average Bonchev–Trinajstić information content (AvgIpc) is 3.14. The molecule has 1 aromatic heterocycles. The highest BCUT2D eigenvalue weighted by atomic mass is 35.5. The lowest BCUT2D eigenvalue weighted by Crippen LogP contribution is -2.58. The van der Waals surface area contributed by atoms with Gasteiger partial charge in [0, 0.05) is 23.8 Å². The number of rotatable bonds is 4. The SMILES string of the molecule is Cc1ccc(Cl)cc1NC(=O)CC1C(=O)NCCN1C(=O)c1ccco1. The van der Waals surface area contributed by atoms with Gasteiger partial charge in [-0.2, -0.15) is 0 Å². The number of carbonyl (C=O) groups excluding carboxylic acids is 3. The van der Waals surface area contributed by atoms with Crippen LogP contribution in [0.4, 0.5) is 5.69 Å². The molecular formula is C18H18ClN3O4. The van der Waals surface area contributed by atoms with Gasteiger partial charge >= 0.3 is 0 Å². The Hall–Kier alpha value is -2.80. The van der Waals surface area contributed by atoms with Crippen LogP contribution in [0, 0.1) is 6.92 Å². The van der Waals surface area contributed by atoms with Gasteiger partial charge < -0.3 is 20.0 Å². The minimum Gasteiger partial charge on any atom is -0.459 e. The molecule has 1 unspecified atom stereocenters. The van der Waals surface area contributed by atoms with E-state index in [1.54, 1.807) is 24.3 Å². The summed E-state index contributed by atoms with van der Waals surface area (Å²) in [6.07, 6.45) is 1.23. The van der Waals surface area contributed by atoms with Crippen LogP contribution in [0.1, 0.15) is 22.5 Å². The zero-order chi connectivity index (χ0) is 18.7. The minimum atomic E-state index is -0.902. The van der Waals surface area contributed by atoms with E-state index in [2.05, 4.69) is 10.6 Å². The fraction of sp³-hybridized carbons (Fsp3) is 0.278. The Balaban J connectivity index is 1.74. The normalized spacial score (nSPS) is 16.9. The van der Waals surface area contributed by atoms with Crippen LogP contribution in [0.5, 0.6) is 0 Å². The smallest absolute Gasteiger partial charge is 0.290 e. The Labute approximate surface area is 155 Å². The van der Waals surface area contributed by atoms with Gasteiger partial charge in [0.2, 0.25) is 11.8 Å². The second-order valence-corrected chi connectivity index (χ2v) is 6.43. The van der Waals surface area contributed by atoms with Crippen LogP contribution < -0.4 is 10.6 Å². The van der Waals surface area contributed by atoms with Crippen molar-refractivity contribution < 1.29 is 18.8 Å². The van der Waals surface area contributed by atoms with Crippen molar-refractivity contribution in [1.82, 2.24) is 10.2 Å². The number of piperazine rings is 1. The van der Waals surface area contributed by atoms with Crippen molar-refractivity contribution in [3.05, 3.63) is 52.9 Å². The van der Waals surface area contributed by atoms with Gasteiger partial charge in [-0.3, -0.25) is 14.4 Å². The summed E-state index contributed by atoms with van der Waals surface area (Å²) in [7, 11) is 0. The molecular weight excluding hydrogens is 358 g/mol. The number of aryl methyl sites for hydroxylation is 1. The van der Waals surface area contributed by atoms with Crippen LogP contribution in [-0.4, -0.2) is 41.8 Å². The van der Waals surface area contributed by atoms with E-state index in [0.717, 1.165) is 5.56 Å². The first-order chi connectivity index (χ1) is 12.5. The summed E-state index contributed by atoms with van der Waals surface area (Å²) in [5.74, 6) is -1.03. The molecule has 0 spiro atoms. The van der Waals surface area contributed by atoms with E-state index < -0.39 is 11.9 Å². The third-order valence-electron chi connectivity index (χ3n) is 4.18. The summed E-state index contributed by atoms with van der Waals surface area (Å²) in [5, 5.41) is 5.93. The molecule has 3 rings (SSSR count). The molecule has 1 aliphatic rings. The number of amides is 3. The molecule has 0 saturated carbocycles. The van der Waals surface area contributed by atoms with Crippen LogP contribution >= 0.6 is 11.6 Å². The molecule has 1 aliphatic heterocycles. The topological polar surface area (TPSA) is 91.7 Å². The molecule has 0 aliphatic carbocycles. The van der Waals surface area contributed by atoms with Crippen LogP contribution in [0.25, 0.3) is 0 Å². The molecule has 26 heavy (non-hydrogen) atoms. The Morgan fingerprint density at radius 1 is 1.38 bits per heavy atom. The number of carbonyl (C=O) groups is 3. The molecule has 1 saturated heterocycles. The van der Waals surface area contributed by atoms with Crippen molar-refractivity contribution in [3.63, 3.8) is 0 Å². The Morgan fingerprint density at radius 3 is 2.92 bits per heavy atom. The predicted molar refractivity (Wildman–Crippen MR) is 96.0 cm³/mol. The molecule has 8 heteroatoms. The summed E-state index contributed by atoms with van der Waals surface area (Å²) in [4.78, 5) is 38.6. The first kappa shape index (κ1) is 18.0. The molecule has 3 amide bonds. The van der Waals surface area contributed by atoms with Crippen molar-refractivity contribution in [2.75, 3.05) is 18.4 Å². The Morgan fingerprint density at radius 2 is 2.19 bits per heavy atom. The predicted octanol–water partition coefficient (Wildman–Crippen LogP) is 2.21. The first-order valence-electron chi connectivity index (χ1n) is 8.14. The van der Waals surface area contributed by atoms with E-state index in [9.17, 15) is 14.4 Å². The first-order valence-corrected chi connectivity index (χ1v) is 8.51. The van der Waals surface area contributed by atoms with Crippen LogP contribution in [0.15, 0.2) is 41.0 Å². The van der Waals surface area contributed by atoms with Gasteiger partial charge in [-0.1, -0.05) is 17.7 Å². The number of hydrogen-bond acceptors (Lipinski definition) is 4. The maximum Gasteiger partial charge on any atom is 0.290 e. The van der Waals surface area contributed by atoms with E-state index in [-0.39, 0.29) is 24.0 Å². The standard InChI is InChI=1S/C18H18ClN3O4/c1-11-4-5-12(19)9-13(11)21-16(23)10-14-17(24)20-6-7-22(14)18(25)15-3-2-8-26-15/h2-5,8-9,14H,6-7,10H2,1H3,(H,20,24)(H,21,23). The summed E-state index contributed by atoms with van der Waals surface area (Å²) in [6, 6.07) is 7.38. The van der Waals surface area contributed by atoms with Gasteiger partial charge in [0.1, 0.15) is 6.04 Å². The molecule has 0 radical (unpaired) electrons. The monoisotopic (exact) mass is 375 g/mol.